The first-order valence-corrected chi connectivity index (χ1v) is 10.8. The van der Waals surface area contributed by atoms with E-state index in [1.165, 1.54) is 21.8 Å². The molecule has 10 heteroatoms. The second-order valence-corrected chi connectivity index (χ2v) is 9.03. The van der Waals surface area contributed by atoms with Crippen molar-refractivity contribution in [1.82, 2.24) is 29.1 Å². The van der Waals surface area contributed by atoms with Crippen LogP contribution in [0.5, 0.6) is 0 Å². The fourth-order valence-electron chi connectivity index (χ4n) is 3.85. The average Bonchev–Trinajstić information content (AvgIpc) is 3.52. The maximum atomic E-state index is 9.52. The first kappa shape index (κ1) is 23.8. The van der Waals surface area contributed by atoms with Crippen LogP contribution in [0.2, 0.25) is 0 Å². The Kier molecular flexibility index (Phi) is 5.82. The van der Waals surface area contributed by atoms with E-state index in [0.29, 0.717) is 11.6 Å². The topological polar surface area (TPSA) is 118 Å². The fraction of sp³-hybridized carbons (Fsp3) is 0.231. The first-order valence-electron chi connectivity index (χ1n) is 10.8. The lowest BCUT2D eigenvalue weighted by molar-refractivity contribution is 0.288. The molecule has 4 rings (SSSR count). The van der Waals surface area contributed by atoms with Gasteiger partial charge in [-0.05, 0) is 18.2 Å². The van der Waals surface area contributed by atoms with Gasteiger partial charge in [-0.2, -0.15) is 10.5 Å². The molecular weight excluding hydrogens is 452 g/mol. The van der Waals surface area contributed by atoms with Crippen LogP contribution in [0.3, 0.4) is 0 Å². The molecule has 10 nitrogen and oxygen atoms in total. The zero-order valence-corrected chi connectivity index (χ0v) is 20.1. The quantitative estimate of drug-likeness (QED) is 0.379. The highest BCUT2D eigenvalue weighted by Gasteiger charge is 2.42. The van der Waals surface area contributed by atoms with Gasteiger partial charge in [0.1, 0.15) is 24.3 Å². The van der Waals surface area contributed by atoms with Crippen molar-refractivity contribution in [3.05, 3.63) is 94.7 Å². The monoisotopic (exact) mass is 472 g/mol. The molecule has 0 amide bonds. The Morgan fingerprint density at radius 2 is 1.33 bits per heavy atom. The molecule has 0 fully saturated rings. The Hall–Kier alpha value is -5.32. The third-order valence-corrected chi connectivity index (χ3v) is 6.72. The lowest BCUT2D eigenvalue weighted by atomic mass is 9.64. The van der Waals surface area contributed by atoms with E-state index in [9.17, 15) is 10.5 Å². The molecule has 0 aliphatic heterocycles. The van der Waals surface area contributed by atoms with Crippen molar-refractivity contribution in [3.63, 3.8) is 0 Å². The third-order valence-electron chi connectivity index (χ3n) is 6.72. The van der Waals surface area contributed by atoms with Gasteiger partial charge in [-0.15, -0.1) is 0 Å². The molecule has 4 aromatic heterocycles. The molecule has 0 aliphatic carbocycles. The Labute approximate surface area is 208 Å². The molecule has 0 spiro atoms. The van der Waals surface area contributed by atoms with Gasteiger partial charge >= 0.3 is 0 Å². The van der Waals surface area contributed by atoms with Crippen molar-refractivity contribution in [2.45, 2.75) is 38.5 Å². The minimum Gasteiger partial charge on any atom is -0.373 e. The van der Waals surface area contributed by atoms with Gasteiger partial charge in [-0.25, -0.2) is 19.5 Å². The highest BCUT2D eigenvalue weighted by molar-refractivity contribution is 5.64. The maximum Gasteiger partial charge on any atom is 0.293 e. The highest BCUT2D eigenvalue weighted by atomic mass is 15.2. The van der Waals surface area contributed by atoms with Crippen molar-refractivity contribution in [3.8, 4) is 23.8 Å². The molecule has 0 saturated heterocycles. The van der Waals surface area contributed by atoms with E-state index in [1.54, 1.807) is 12.1 Å². The molecule has 36 heavy (non-hydrogen) atoms. The van der Waals surface area contributed by atoms with E-state index in [-0.39, 0.29) is 23.0 Å². The predicted molar refractivity (Wildman–Crippen MR) is 131 cm³/mol. The fourth-order valence-corrected chi connectivity index (χ4v) is 3.85. The van der Waals surface area contributed by atoms with Crippen LogP contribution in [0.25, 0.3) is 21.3 Å². The van der Waals surface area contributed by atoms with Crippen LogP contribution < -0.4 is 0 Å². The average molecular weight is 473 g/mol. The summed E-state index contributed by atoms with van der Waals surface area (Å²) in [6, 6.07) is 15.0. The molecule has 0 aliphatic rings. The smallest absolute Gasteiger partial charge is 0.293 e. The van der Waals surface area contributed by atoms with Gasteiger partial charge in [0, 0.05) is 22.6 Å². The summed E-state index contributed by atoms with van der Waals surface area (Å²) in [5.74, 6) is 1.13. The van der Waals surface area contributed by atoms with Crippen molar-refractivity contribution < 1.29 is 0 Å². The van der Waals surface area contributed by atoms with Gasteiger partial charge < -0.3 is 9.69 Å². The maximum absolute atomic E-state index is 9.52. The summed E-state index contributed by atoms with van der Waals surface area (Å²) < 4.78 is 3.02. The number of rotatable bonds is 5. The zero-order chi connectivity index (χ0) is 26.1. The summed E-state index contributed by atoms with van der Waals surface area (Å²) in [5.41, 5.74) is 0.611. The molecule has 0 saturated carbocycles. The Balaban J connectivity index is 1.78. The largest absolute Gasteiger partial charge is 0.373 e. The zero-order valence-electron chi connectivity index (χ0n) is 20.1. The molecule has 0 bridgehead atoms. The summed E-state index contributed by atoms with van der Waals surface area (Å²) in [4.78, 5) is 24.5. The van der Waals surface area contributed by atoms with Gasteiger partial charge in [-0.1, -0.05) is 58.0 Å². The Bertz CT molecular complexity index is 1520. The van der Waals surface area contributed by atoms with Gasteiger partial charge in [0.2, 0.25) is 5.82 Å². The SMILES string of the molecule is [C-]#[N+]c1ncn(-c2cccc(C(C)(C)C(C)(C)c3cccc(-n4cnc(C#N)c4C#N)n3)n2)c1[N+]#[C-]. The number of aromatic nitrogens is 6. The number of hydrogen-bond acceptors (Lipinski definition) is 6. The van der Waals surface area contributed by atoms with Gasteiger partial charge in [0.05, 0.1) is 5.69 Å². The second-order valence-electron chi connectivity index (χ2n) is 9.03. The summed E-state index contributed by atoms with van der Waals surface area (Å²) in [5, 5.41) is 18.8. The van der Waals surface area contributed by atoms with E-state index < -0.39 is 10.8 Å². The third kappa shape index (κ3) is 3.64. The van der Waals surface area contributed by atoms with Crippen LogP contribution in [0, 0.1) is 35.8 Å². The molecule has 0 atom stereocenters. The van der Waals surface area contributed by atoms with E-state index in [4.69, 9.17) is 23.1 Å². The van der Waals surface area contributed by atoms with Gasteiger partial charge in [0.15, 0.2) is 11.4 Å². The minimum absolute atomic E-state index is 0.0357. The lowest BCUT2D eigenvalue weighted by Crippen LogP contribution is -2.42. The summed E-state index contributed by atoms with van der Waals surface area (Å²) in [6.45, 7) is 22.9. The van der Waals surface area contributed by atoms with Crippen molar-refractivity contribution >= 4 is 11.6 Å². The summed E-state index contributed by atoms with van der Waals surface area (Å²) in [7, 11) is 0. The number of hydrogen-bond donors (Lipinski definition) is 0. The van der Waals surface area contributed by atoms with Crippen LogP contribution in [0.4, 0.5) is 11.6 Å². The Morgan fingerprint density at radius 3 is 1.83 bits per heavy atom. The molecule has 174 valence electrons. The number of imidazole rings is 2. The van der Waals surface area contributed by atoms with Crippen molar-refractivity contribution in [1.29, 1.82) is 10.5 Å². The summed E-state index contributed by atoms with van der Waals surface area (Å²) in [6.07, 6.45) is 2.85. The van der Waals surface area contributed by atoms with E-state index >= 15 is 0 Å². The standard InChI is InChI=1S/C26H20N10/c1-25(2,19-9-7-11-21(33-19)35-15-31-17(13-27)18(35)14-28)26(3,4)20-10-8-12-22(34-20)36-16-32-23(29-5)24(36)30-6/h7-12,15-16H,1-4H3. The van der Waals surface area contributed by atoms with E-state index in [0.717, 1.165) is 11.4 Å². The Morgan fingerprint density at radius 1 is 0.778 bits per heavy atom. The van der Waals surface area contributed by atoms with Gasteiger partial charge in [0.25, 0.3) is 18.0 Å². The van der Waals surface area contributed by atoms with E-state index in [2.05, 4.69) is 47.4 Å². The predicted octanol–water partition coefficient (Wildman–Crippen LogP) is 4.95. The van der Waals surface area contributed by atoms with Gasteiger partial charge in [-0.3, -0.25) is 4.57 Å². The normalized spacial score (nSPS) is 11.2. The van der Waals surface area contributed by atoms with Crippen LogP contribution in [-0.4, -0.2) is 29.1 Å². The number of pyridine rings is 2. The molecule has 4 heterocycles. The number of nitrogens with zero attached hydrogens (tertiary/aromatic N) is 10. The lowest BCUT2D eigenvalue weighted by Gasteiger charge is -2.41. The molecule has 0 radical (unpaired) electrons. The molecular formula is C26H20N10. The molecule has 0 unspecified atom stereocenters. The molecule has 4 aromatic rings. The van der Waals surface area contributed by atoms with Crippen molar-refractivity contribution in [2.75, 3.05) is 0 Å². The van der Waals surface area contributed by atoms with E-state index in [1.807, 2.05) is 36.4 Å². The first-order chi connectivity index (χ1) is 17.2. The highest BCUT2D eigenvalue weighted by Crippen LogP contribution is 2.43. The van der Waals surface area contributed by atoms with Crippen LogP contribution in [0.15, 0.2) is 49.1 Å². The van der Waals surface area contributed by atoms with Crippen LogP contribution >= 0.6 is 0 Å². The van der Waals surface area contributed by atoms with Crippen molar-refractivity contribution in [2.24, 2.45) is 0 Å². The molecule has 0 N–H and O–H groups in total. The minimum atomic E-state index is -0.542. The van der Waals surface area contributed by atoms with Crippen LogP contribution in [0.1, 0.15) is 50.5 Å². The summed E-state index contributed by atoms with van der Waals surface area (Å²) >= 11 is 0. The number of nitriles is 2. The second kappa shape index (κ2) is 8.80. The molecule has 0 aromatic carbocycles. The van der Waals surface area contributed by atoms with Crippen LogP contribution in [-0.2, 0) is 10.8 Å².